The van der Waals surface area contributed by atoms with E-state index >= 15 is 0 Å². The van der Waals surface area contributed by atoms with Crippen molar-refractivity contribution >= 4 is 22.0 Å². The van der Waals surface area contributed by atoms with Crippen molar-refractivity contribution in [2.45, 2.75) is 20.5 Å². The lowest BCUT2D eigenvalue weighted by atomic mass is 10.1. The largest absolute Gasteiger partial charge is 0.487 e. The fourth-order valence-electron chi connectivity index (χ4n) is 2.00. The fourth-order valence-corrected chi connectivity index (χ4v) is 2.72. The van der Waals surface area contributed by atoms with Gasteiger partial charge in [-0.05, 0) is 25.0 Å². The summed E-state index contributed by atoms with van der Waals surface area (Å²) in [6.07, 6.45) is 3.98. The molecule has 2 N–H and O–H groups in total. The quantitative estimate of drug-likeness (QED) is 0.746. The van der Waals surface area contributed by atoms with Gasteiger partial charge in [0.25, 0.3) is 0 Å². The number of nitrogens with two attached hydrogens (primary N) is 1. The summed E-state index contributed by atoms with van der Waals surface area (Å²) < 4.78 is 7.81. The summed E-state index contributed by atoms with van der Waals surface area (Å²) in [5.41, 5.74) is 9.75. The van der Waals surface area contributed by atoms with Gasteiger partial charge in [-0.15, -0.1) is 11.3 Å². The number of imidazole rings is 1. The van der Waals surface area contributed by atoms with E-state index in [9.17, 15) is 0 Å². The normalized spacial score (nSPS) is 11.1. The summed E-state index contributed by atoms with van der Waals surface area (Å²) in [5, 5.41) is 2.01. The molecule has 0 saturated heterocycles. The number of aryl methyl sites for hydroxylation is 2. The van der Waals surface area contributed by atoms with Crippen LogP contribution in [-0.2, 0) is 6.61 Å². The molecule has 98 valence electrons. The van der Waals surface area contributed by atoms with E-state index in [0.717, 1.165) is 33.2 Å². The van der Waals surface area contributed by atoms with Crippen LogP contribution in [0.4, 0.5) is 5.69 Å². The minimum atomic E-state index is 0.456. The Hall–Kier alpha value is -2.01. The van der Waals surface area contributed by atoms with Crippen LogP contribution in [0.3, 0.4) is 0 Å². The average Bonchev–Trinajstić information content (AvgIpc) is 2.92. The number of anilines is 1. The molecule has 0 radical (unpaired) electrons. The topological polar surface area (TPSA) is 52.5 Å². The van der Waals surface area contributed by atoms with Crippen LogP contribution < -0.4 is 10.5 Å². The summed E-state index contributed by atoms with van der Waals surface area (Å²) in [4.78, 5) is 5.47. The van der Waals surface area contributed by atoms with Crippen molar-refractivity contribution < 1.29 is 4.74 Å². The lowest BCUT2D eigenvalue weighted by molar-refractivity contribution is 0.300. The molecule has 0 unspecified atom stereocenters. The molecule has 19 heavy (non-hydrogen) atoms. The average molecular weight is 273 g/mol. The van der Waals surface area contributed by atoms with Crippen LogP contribution in [0.15, 0.2) is 29.9 Å². The molecule has 0 atom stereocenters. The number of aromatic nitrogens is 2. The number of nitrogen functional groups attached to an aromatic ring is 1. The zero-order valence-corrected chi connectivity index (χ0v) is 11.7. The molecule has 0 amide bonds. The molecule has 0 bridgehead atoms. The minimum absolute atomic E-state index is 0.456. The Labute approximate surface area is 115 Å². The first-order valence-corrected chi connectivity index (χ1v) is 6.92. The highest BCUT2D eigenvalue weighted by molar-refractivity contribution is 7.15. The lowest BCUT2D eigenvalue weighted by Crippen LogP contribution is -1.99. The molecular formula is C14H15N3OS. The number of hydrogen-bond acceptors (Lipinski definition) is 4. The van der Waals surface area contributed by atoms with E-state index in [-0.39, 0.29) is 0 Å². The molecule has 0 saturated carbocycles. The van der Waals surface area contributed by atoms with E-state index < -0.39 is 0 Å². The predicted octanol–water partition coefficient (Wildman–Crippen LogP) is 3.17. The van der Waals surface area contributed by atoms with Crippen molar-refractivity contribution in [3.05, 3.63) is 46.7 Å². The Balaban J connectivity index is 1.79. The third kappa shape index (κ3) is 2.29. The zero-order valence-electron chi connectivity index (χ0n) is 10.9. The van der Waals surface area contributed by atoms with E-state index in [0.29, 0.717) is 6.61 Å². The first-order valence-electron chi connectivity index (χ1n) is 6.04. The highest BCUT2D eigenvalue weighted by atomic mass is 32.1. The number of thiazole rings is 1. The number of fused-ring (bicyclic) bond motifs is 1. The molecule has 0 fully saturated rings. The minimum Gasteiger partial charge on any atom is -0.487 e. The predicted molar refractivity (Wildman–Crippen MR) is 77.7 cm³/mol. The van der Waals surface area contributed by atoms with E-state index in [1.165, 1.54) is 0 Å². The summed E-state index contributed by atoms with van der Waals surface area (Å²) in [7, 11) is 0. The second-order valence-electron chi connectivity index (χ2n) is 4.59. The molecule has 3 aromatic rings. The number of hydrogen-bond donors (Lipinski definition) is 1. The molecule has 4 nitrogen and oxygen atoms in total. The first kappa shape index (κ1) is 12.0. The smallest absolute Gasteiger partial charge is 0.193 e. The fraction of sp³-hybridized carbons (Fsp3) is 0.214. The standard InChI is InChI=1S/C14H15N3OS/c1-9-5-10(2)13(6-12(9)15)18-8-11-7-17-3-4-19-14(17)16-11/h3-7H,8,15H2,1-2H3. The second kappa shape index (κ2) is 4.59. The molecule has 0 spiro atoms. The van der Waals surface area contributed by atoms with Gasteiger partial charge in [-0.1, -0.05) is 6.07 Å². The van der Waals surface area contributed by atoms with E-state index in [4.69, 9.17) is 10.5 Å². The van der Waals surface area contributed by atoms with Crippen molar-refractivity contribution in [1.82, 2.24) is 9.38 Å². The van der Waals surface area contributed by atoms with Crippen LogP contribution >= 0.6 is 11.3 Å². The van der Waals surface area contributed by atoms with Crippen LogP contribution in [0.2, 0.25) is 0 Å². The highest BCUT2D eigenvalue weighted by Gasteiger charge is 2.06. The van der Waals surface area contributed by atoms with Crippen molar-refractivity contribution in [1.29, 1.82) is 0 Å². The van der Waals surface area contributed by atoms with Crippen LogP contribution in [-0.4, -0.2) is 9.38 Å². The third-order valence-corrected chi connectivity index (χ3v) is 3.85. The van der Waals surface area contributed by atoms with Crippen molar-refractivity contribution in [3.63, 3.8) is 0 Å². The van der Waals surface area contributed by atoms with Gasteiger partial charge < -0.3 is 10.5 Å². The first-order chi connectivity index (χ1) is 9.13. The van der Waals surface area contributed by atoms with Crippen LogP contribution in [0.1, 0.15) is 16.8 Å². The molecule has 0 aliphatic rings. The molecule has 0 aliphatic carbocycles. The molecule has 5 heteroatoms. The van der Waals surface area contributed by atoms with Gasteiger partial charge in [-0.25, -0.2) is 4.98 Å². The third-order valence-electron chi connectivity index (χ3n) is 3.08. The maximum Gasteiger partial charge on any atom is 0.193 e. The molecule has 0 aliphatic heterocycles. The summed E-state index contributed by atoms with van der Waals surface area (Å²) in [6, 6.07) is 3.92. The van der Waals surface area contributed by atoms with Crippen molar-refractivity contribution in [2.24, 2.45) is 0 Å². The molecule has 2 heterocycles. The maximum atomic E-state index is 5.91. The molecule has 3 rings (SSSR count). The van der Waals surface area contributed by atoms with Gasteiger partial charge in [0.2, 0.25) is 0 Å². The van der Waals surface area contributed by atoms with Crippen LogP contribution in [0.25, 0.3) is 4.96 Å². The van der Waals surface area contributed by atoms with Crippen LogP contribution in [0, 0.1) is 13.8 Å². The Morgan fingerprint density at radius 3 is 2.95 bits per heavy atom. The number of benzene rings is 1. The van der Waals surface area contributed by atoms with Gasteiger partial charge >= 0.3 is 0 Å². The SMILES string of the molecule is Cc1cc(C)c(OCc2cn3ccsc3n2)cc1N. The Morgan fingerprint density at radius 1 is 1.32 bits per heavy atom. The van der Waals surface area contributed by atoms with E-state index in [2.05, 4.69) is 4.98 Å². The van der Waals surface area contributed by atoms with Gasteiger partial charge in [-0.3, -0.25) is 4.40 Å². The number of rotatable bonds is 3. The molecular weight excluding hydrogens is 258 g/mol. The van der Waals surface area contributed by atoms with Crippen LogP contribution in [0.5, 0.6) is 5.75 Å². The summed E-state index contributed by atoms with van der Waals surface area (Å²) >= 11 is 1.61. The lowest BCUT2D eigenvalue weighted by Gasteiger charge is -2.10. The van der Waals surface area contributed by atoms with Gasteiger partial charge in [0, 0.05) is 29.5 Å². The van der Waals surface area contributed by atoms with Gasteiger partial charge in [0.1, 0.15) is 12.4 Å². The maximum absolute atomic E-state index is 5.91. The number of nitrogens with zero attached hydrogens (tertiary/aromatic N) is 2. The Kier molecular flexibility index (Phi) is 2.91. The number of ether oxygens (including phenoxy) is 1. The van der Waals surface area contributed by atoms with Gasteiger partial charge in [-0.2, -0.15) is 0 Å². The van der Waals surface area contributed by atoms with E-state index in [1.54, 1.807) is 11.3 Å². The highest BCUT2D eigenvalue weighted by Crippen LogP contribution is 2.25. The summed E-state index contributed by atoms with van der Waals surface area (Å²) in [5.74, 6) is 0.819. The van der Waals surface area contributed by atoms with Crippen molar-refractivity contribution in [2.75, 3.05) is 5.73 Å². The zero-order chi connectivity index (χ0) is 13.4. The molecule has 1 aromatic carbocycles. The molecule has 2 aromatic heterocycles. The Morgan fingerprint density at radius 2 is 2.16 bits per heavy atom. The summed E-state index contributed by atoms with van der Waals surface area (Å²) in [6.45, 7) is 4.47. The van der Waals surface area contributed by atoms with Gasteiger partial charge in [0.15, 0.2) is 4.96 Å². The van der Waals surface area contributed by atoms with Gasteiger partial charge in [0.05, 0.1) is 5.69 Å². The second-order valence-corrected chi connectivity index (χ2v) is 5.46. The Bertz CT molecular complexity index is 701. The van der Waals surface area contributed by atoms with E-state index in [1.807, 2.05) is 48.2 Å². The van der Waals surface area contributed by atoms with Crippen molar-refractivity contribution in [3.8, 4) is 5.75 Å². The monoisotopic (exact) mass is 273 g/mol.